The van der Waals surface area contributed by atoms with Crippen LogP contribution in [0.5, 0.6) is 5.75 Å². The molecule has 0 atom stereocenters. The minimum absolute atomic E-state index is 0.188. The van der Waals surface area contributed by atoms with Gasteiger partial charge in [-0.3, -0.25) is 9.78 Å². The van der Waals surface area contributed by atoms with Gasteiger partial charge in [-0.2, -0.15) is 0 Å². The summed E-state index contributed by atoms with van der Waals surface area (Å²) >= 11 is 4.60. The number of halogens is 1. The van der Waals surface area contributed by atoms with Crippen molar-refractivity contribution in [1.29, 1.82) is 0 Å². The van der Waals surface area contributed by atoms with Gasteiger partial charge in [0.05, 0.1) is 23.1 Å². The van der Waals surface area contributed by atoms with E-state index in [4.69, 9.17) is 14.2 Å². The lowest BCUT2D eigenvalue weighted by Crippen LogP contribution is -2.15. The fourth-order valence-electron chi connectivity index (χ4n) is 2.70. The van der Waals surface area contributed by atoms with Crippen LogP contribution in [0.25, 0.3) is 10.4 Å². The van der Waals surface area contributed by atoms with E-state index >= 15 is 0 Å². The van der Waals surface area contributed by atoms with Crippen LogP contribution in [0.2, 0.25) is 0 Å². The second-order valence-corrected chi connectivity index (χ2v) is 8.05. The van der Waals surface area contributed by atoms with Gasteiger partial charge in [-0.05, 0) is 52.7 Å². The van der Waals surface area contributed by atoms with Gasteiger partial charge >= 0.3 is 11.9 Å². The van der Waals surface area contributed by atoms with Crippen molar-refractivity contribution in [3.05, 3.63) is 63.7 Å². The molecule has 0 unspecified atom stereocenters. The third-order valence-electron chi connectivity index (χ3n) is 4.10. The van der Waals surface area contributed by atoms with Crippen molar-refractivity contribution in [2.45, 2.75) is 6.92 Å². The van der Waals surface area contributed by atoms with Crippen LogP contribution in [0.3, 0.4) is 0 Å². The largest absolute Gasteiger partial charge is 0.479 e. The van der Waals surface area contributed by atoms with Crippen LogP contribution in [0.15, 0.2) is 53.1 Å². The van der Waals surface area contributed by atoms with E-state index < -0.39 is 11.9 Å². The number of benzene rings is 1. The Balaban J connectivity index is 1.90. The molecule has 10 heteroatoms. The summed E-state index contributed by atoms with van der Waals surface area (Å²) < 4.78 is 15.8. The van der Waals surface area contributed by atoms with Gasteiger partial charge in [0.2, 0.25) is 0 Å². The Morgan fingerprint density at radius 3 is 2.66 bits per heavy atom. The lowest BCUT2D eigenvalue weighted by molar-refractivity contribution is -0.145. The van der Waals surface area contributed by atoms with Crippen LogP contribution in [-0.4, -0.2) is 43.2 Å². The Morgan fingerprint density at radius 2 is 1.97 bits per heavy atom. The molecule has 0 saturated heterocycles. The first-order valence-electron chi connectivity index (χ1n) is 9.46. The maximum Gasteiger partial charge on any atom is 0.351 e. The summed E-state index contributed by atoms with van der Waals surface area (Å²) in [6.45, 7) is 1.56. The molecule has 2 heterocycles. The molecule has 8 nitrogen and oxygen atoms in total. The second kappa shape index (κ2) is 10.9. The standard InChI is InChI=1S/C22H19BrN2O6S/c1-3-30-16(26)12-31-18-17(23)19(32-20(18)22(28)29-2)13-7-6-8-14(11-13)25-21(27)15-9-4-5-10-24-15/h4-11H,3,12H2,1-2H3,(H,25,27). The monoisotopic (exact) mass is 518 g/mol. The summed E-state index contributed by atoms with van der Waals surface area (Å²) in [4.78, 5) is 41.3. The SMILES string of the molecule is CCOC(=O)COc1c(C(=O)OC)sc(-c2cccc(NC(=O)c3ccccn3)c2)c1Br. The van der Waals surface area contributed by atoms with E-state index in [0.717, 1.165) is 16.9 Å². The Morgan fingerprint density at radius 1 is 1.16 bits per heavy atom. The molecule has 1 N–H and O–H groups in total. The number of hydrogen-bond donors (Lipinski definition) is 1. The van der Waals surface area contributed by atoms with Crippen molar-refractivity contribution < 1.29 is 28.6 Å². The number of amides is 1. The predicted octanol–water partition coefficient (Wildman–Crippen LogP) is 4.55. The average molecular weight is 519 g/mol. The van der Waals surface area contributed by atoms with Crippen LogP contribution >= 0.6 is 27.3 Å². The number of ether oxygens (including phenoxy) is 3. The molecule has 0 spiro atoms. The zero-order valence-electron chi connectivity index (χ0n) is 17.2. The zero-order chi connectivity index (χ0) is 23.1. The molecule has 1 aromatic carbocycles. The van der Waals surface area contributed by atoms with Crippen LogP contribution in [0, 0.1) is 0 Å². The Kier molecular flexibility index (Phi) is 7.96. The highest BCUT2D eigenvalue weighted by Crippen LogP contribution is 2.46. The molecule has 32 heavy (non-hydrogen) atoms. The van der Waals surface area contributed by atoms with Gasteiger partial charge in [-0.1, -0.05) is 18.2 Å². The lowest BCUT2D eigenvalue weighted by Gasteiger charge is -2.08. The number of thiophene rings is 1. The molecule has 0 fully saturated rings. The molecule has 0 aliphatic carbocycles. The molecule has 0 aliphatic heterocycles. The minimum atomic E-state index is -0.597. The van der Waals surface area contributed by atoms with Gasteiger partial charge in [-0.15, -0.1) is 11.3 Å². The van der Waals surface area contributed by atoms with Crippen LogP contribution in [-0.2, 0) is 14.3 Å². The fraction of sp³-hybridized carbons (Fsp3) is 0.182. The molecule has 3 rings (SSSR count). The summed E-state index contributed by atoms with van der Waals surface area (Å²) in [5.74, 6) is -1.31. The van der Waals surface area contributed by atoms with Gasteiger partial charge in [0.25, 0.3) is 5.91 Å². The number of nitrogens with zero attached hydrogens (tertiary/aromatic N) is 1. The first kappa shape index (κ1) is 23.4. The summed E-state index contributed by atoms with van der Waals surface area (Å²) in [7, 11) is 1.26. The van der Waals surface area contributed by atoms with E-state index in [1.807, 2.05) is 6.07 Å². The van der Waals surface area contributed by atoms with Crippen molar-refractivity contribution in [2.75, 3.05) is 25.6 Å². The molecule has 0 aliphatic rings. The smallest absolute Gasteiger partial charge is 0.351 e. The number of carbonyl (C=O) groups is 3. The number of pyridine rings is 1. The van der Waals surface area contributed by atoms with Gasteiger partial charge in [-0.25, -0.2) is 9.59 Å². The van der Waals surface area contributed by atoms with Crippen molar-refractivity contribution in [3.8, 4) is 16.2 Å². The van der Waals surface area contributed by atoms with E-state index in [0.29, 0.717) is 15.0 Å². The average Bonchev–Trinajstić information content (AvgIpc) is 3.14. The van der Waals surface area contributed by atoms with Gasteiger partial charge in [0.15, 0.2) is 17.2 Å². The summed E-state index contributed by atoms with van der Waals surface area (Å²) in [6.07, 6.45) is 1.54. The summed E-state index contributed by atoms with van der Waals surface area (Å²) in [6, 6.07) is 12.2. The van der Waals surface area contributed by atoms with Crippen LogP contribution in [0.1, 0.15) is 27.1 Å². The molecule has 2 aromatic heterocycles. The number of nitrogens with one attached hydrogen (secondary N) is 1. The van der Waals surface area contributed by atoms with Gasteiger partial charge in [0.1, 0.15) is 5.69 Å². The van der Waals surface area contributed by atoms with Gasteiger partial charge in [0, 0.05) is 11.9 Å². The van der Waals surface area contributed by atoms with E-state index in [2.05, 4.69) is 26.2 Å². The number of aromatic nitrogens is 1. The molecular formula is C22H19BrN2O6S. The van der Waals surface area contributed by atoms with E-state index in [1.54, 1.807) is 49.5 Å². The number of hydrogen-bond acceptors (Lipinski definition) is 8. The zero-order valence-corrected chi connectivity index (χ0v) is 19.6. The highest BCUT2D eigenvalue weighted by molar-refractivity contribution is 9.10. The lowest BCUT2D eigenvalue weighted by atomic mass is 10.1. The molecular weight excluding hydrogens is 500 g/mol. The fourth-order valence-corrected chi connectivity index (χ4v) is 4.67. The highest BCUT2D eigenvalue weighted by atomic mass is 79.9. The summed E-state index contributed by atoms with van der Waals surface area (Å²) in [5.41, 5.74) is 1.56. The topological polar surface area (TPSA) is 104 Å². The van der Waals surface area contributed by atoms with Crippen LogP contribution in [0.4, 0.5) is 5.69 Å². The van der Waals surface area contributed by atoms with E-state index in [9.17, 15) is 14.4 Å². The maximum atomic E-state index is 12.4. The predicted molar refractivity (Wildman–Crippen MR) is 123 cm³/mol. The molecule has 166 valence electrons. The number of esters is 2. The summed E-state index contributed by atoms with van der Waals surface area (Å²) in [5, 5.41) is 2.80. The number of carbonyl (C=O) groups excluding carboxylic acids is 3. The Labute approximate surface area is 196 Å². The van der Waals surface area contributed by atoms with Crippen molar-refractivity contribution in [2.24, 2.45) is 0 Å². The maximum absolute atomic E-state index is 12.4. The number of rotatable bonds is 8. The second-order valence-electron chi connectivity index (χ2n) is 6.24. The first-order chi connectivity index (χ1) is 15.4. The van der Waals surface area contributed by atoms with Crippen molar-refractivity contribution in [1.82, 2.24) is 4.98 Å². The third kappa shape index (κ3) is 5.51. The van der Waals surface area contributed by atoms with Crippen molar-refractivity contribution >= 4 is 50.8 Å². The molecule has 0 saturated carbocycles. The molecule has 0 bridgehead atoms. The Hall–Kier alpha value is -3.24. The van der Waals surface area contributed by atoms with Gasteiger partial charge < -0.3 is 19.5 Å². The minimum Gasteiger partial charge on any atom is -0.479 e. The number of anilines is 1. The molecule has 0 radical (unpaired) electrons. The van der Waals surface area contributed by atoms with Crippen molar-refractivity contribution in [3.63, 3.8) is 0 Å². The van der Waals surface area contributed by atoms with E-state index in [-0.39, 0.29) is 35.4 Å². The number of methoxy groups -OCH3 is 1. The van der Waals surface area contributed by atoms with E-state index in [1.165, 1.54) is 7.11 Å². The first-order valence-corrected chi connectivity index (χ1v) is 11.1. The Bertz CT molecular complexity index is 1130. The third-order valence-corrected chi connectivity index (χ3v) is 6.32. The molecule has 1 amide bonds. The molecule has 3 aromatic rings. The normalized spacial score (nSPS) is 10.3. The quantitative estimate of drug-likeness (QED) is 0.436. The van der Waals surface area contributed by atoms with Crippen LogP contribution < -0.4 is 10.1 Å². The highest BCUT2D eigenvalue weighted by Gasteiger charge is 2.25.